The Hall–Kier alpha value is -3.13. The van der Waals surface area contributed by atoms with Gasteiger partial charge in [-0.2, -0.15) is 0 Å². The average Bonchev–Trinajstić information content (AvgIpc) is 2.82. The molecule has 8 nitrogen and oxygen atoms in total. The summed E-state index contributed by atoms with van der Waals surface area (Å²) in [4.78, 5) is 38.2. The molecule has 1 fully saturated rings. The number of nitro groups is 1. The fourth-order valence-corrected chi connectivity index (χ4v) is 4.44. The highest BCUT2D eigenvalue weighted by Gasteiger charge is 2.32. The smallest absolute Gasteiger partial charge is 0.270 e. The first kappa shape index (κ1) is 25.5. The van der Waals surface area contributed by atoms with Crippen molar-refractivity contribution in [3.63, 3.8) is 0 Å². The van der Waals surface area contributed by atoms with E-state index in [4.69, 9.17) is 16.3 Å². The van der Waals surface area contributed by atoms with Crippen molar-refractivity contribution in [1.29, 1.82) is 0 Å². The number of piperidine rings is 1. The van der Waals surface area contributed by atoms with Gasteiger partial charge in [0.2, 0.25) is 5.91 Å². The summed E-state index contributed by atoms with van der Waals surface area (Å²) in [6.45, 7) is 5.02. The molecule has 34 heavy (non-hydrogen) atoms. The fraction of sp³-hybridized carbons (Fsp3) is 0.440. The summed E-state index contributed by atoms with van der Waals surface area (Å²) >= 11 is 6.09. The van der Waals surface area contributed by atoms with Crippen molar-refractivity contribution in [3.8, 4) is 5.75 Å². The lowest BCUT2D eigenvalue weighted by Crippen LogP contribution is -2.53. The Balaban J connectivity index is 1.59. The number of halogens is 1. The molecule has 1 atom stereocenters. The van der Waals surface area contributed by atoms with Crippen LogP contribution in [0.1, 0.15) is 42.6 Å². The van der Waals surface area contributed by atoms with Crippen LogP contribution in [0.15, 0.2) is 42.5 Å². The maximum absolute atomic E-state index is 13.2. The van der Waals surface area contributed by atoms with Crippen molar-refractivity contribution >= 4 is 29.1 Å². The van der Waals surface area contributed by atoms with E-state index in [0.29, 0.717) is 19.0 Å². The quantitative estimate of drug-likeness (QED) is 0.436. The molecule has 1 N–H and O–H groups in total. The van der Waals surface area contributed by atoms with Crippen LogP contribution >= 0.6 is 11.6 Å². The molecule has 2 amide bonds. The van der Waals surface area contributed by atoms with E-state index in [2.05, 4.69) is 17.4 Å². The number of carbonyl (C=O) groups excluding carboxylic acids is 2. The molecule has 0 aliphatic carbocycles. The van der Waals surface area contributed by atoms with Crippen LogP contribution < -0.4 is 10.1 Å². The van der Waals surface area contributed by atoms with E-state index in [9.17, 15) is 19.7 Å². The number of amides is 2. The molecule has 2 aromatic carbocycles. The van der Waals surface area contributed by atoms with Gasteiger partial charge in [-0.15, -0.1) is 0 Å². The normalized spacial score (nSPS) is 15.1. The summed E-state index contributed by atoms with van der Waals surface area (Å²) in [5.41, 5.74) is 1.15. The number of likely N-dealkylation sites (tertiary alicyclic amines) is 1. The predicted octanol–water partition coefficient (Wildman–Crippen LogP) is 4.49. The molecule has 1 aliphatic rings. The third kappa shape index (κ3) is 6.26. The lowest BCUT2D eigenvalue weighted by atomic mass is 9.89. The number of ether oxygens (including phenoxy) is 1. The molecule has 0 saturated carbocycles. The van der Waals surface area contributed by atoms with E-state index in [1.165, 1.54) is 17.7 Å². The lowest BCUT2D eigenvalue weighted by molar-refractivity contribution is -0.384. The highest BCUT2D eigenvalue weighted by molar-refractivity contribution is 6.34. The van der Waals surface area contributed by atoms with Crippen molar-refractivity contribution in [2.45, 2.75) is 39.2 Å². The van der Waals surface area contributed by atoms with Gasteiger partial charge < -0.3 is 15.0 Å². The van der Waals surface area contributed by atoms with Crippen LogP contribution in [-0.2, 0) is 11.2 Å². The fourth-order valence-electron chi connectivity index (χ4n) is 4.18. The minimum absolute atomic E-state index is 0.0269. The average molecular weight is 488 g/mol. The number of nitrogens with zero attached hydrogens (tertiary/aromatic N) is 2. The van der Waals surface area contributed by atoms with E-state index in [-0.39, 0.29) is 28.1 Å². The largest absolute Gasteiger partial charge is 0.497 e. The second-order valence-electron chi connectivity index (χ2n) is 8.94. The summed E-state index contributed by atoms with van der Waals surface area (Å²) in [7, 11) is 1.65. The Kier molecular flexibility index (Phi) is 8.50. The first-order valence-corrected chi connectivity index (χ1v) is 11.7. The van der Waals surface area contributed by atoms with E-state index >= 15 is 0 Å². The Morgan fingerprint density at radius 2 is 1.82 bits per heavy atom. The highest BCUT2D eigenvalue weighted by atomic mass is 35.5. The first-order chi connectivity index (χ1) is 16.2. The van der Waals surface area contributed by atoms with Gasteiger partial charge in [-0.1, -0.05) is 37.6 Å². The van der Waals surface area contributed by atoms with Crippen LogP contribution in [0.2, 0.25) is 5.02 Å². The Morgan fingerprint density at radius 1 is 1.18 bits per heavy atom. The second kappa shape index (κ2) is 11.3. The maximum Gasteiger partial charge on any atom is 0.270 e. The summed E-state index contributed by atoms with van der Waals surface area (Å²) < 4.78 is 5.21. The SMILES string of the molecule is COc1ccc(CC2CCN(C(=O)[C@H](NC(=O)c3ccc([N+](=O)[O-])cc3Cl)C(C)C)CC2)cc1. The minimum Gasteiger partial charge on any atom is -0.497 e. The maximum atomic E-state index is 13.2. The number of methoxy groups -OCH3 is 1. The van der Waals surface area contributed by atoms with Gasteiger partial charge in [-0.05, 0) is 54.9 Å². The number of non-ortho nitro benzene ring substituents is 1. The lowest BCUT2D eigenvalue weighted by Gasteiger charge is -2.35. The molecule has 1 heterocycles. The van der Waals surface area contributed by atoms with Crippen molar-refractivity contribution in [1.82, 2.24) is 10.2 Å². The van der Waals surface area contributed by atoms with Gasteiger partial charge in [0.1, 0.15) is 11.8 Å². The van der Waals surface area contributed by atoms with Crippen LogP contribution in [0, 0.1) is 22.0 Å². The van der Waals surface area contributed by atoms with E-state index in [1.54, 1.807) is 7.11 Å². The van der Waals surface area contributed by atoms with Crippen LogP contribution in [0.5, 0.6) is 5.75 Å². The molecule has 0 radical (unpaired) electrons. The van der Waals surface area contributed by atoms with Crippen molar-refractivity contribution in [3.05, 3.63) is 68.7 Å². The highest BCUT2D eigenvalue weighted by Crippen LogP contribution is 2.25. The van der Waals surface area contributed by atoms with Crippen LogP contribution in [0.4, 0.5) is 5.69 Å². The van der Waals surface area contributed by atoms with Gasteiger partial charge in [0, 0.05) is 25.2 Å². The Bertz CT molecular complexity index is 1030. The third-order valence-electron chi connectivity index (χ3n) is 6.24. The molecular formula is C25H30ClN3O5. The number of rotatable bonds is 8. The van der Waals surface area contributed by atoms with E-state index < -0.39 is 16.9 Å². The second-order valence-corrected chi connectivity index (χ2v) is 9.34. The van der Waals surface area contributed by atoms with Gasteiger partial charge >= 0.3 is 0 Å². The number of hydrogen-bond donors (Lipinski definition) is 1. The topological polar surface area (TPSA) is 102 Å². The van der Waals surface area contributed by atoms with Crippen molar-refractivity contribution in [2.24, 2.45) is 11.8 Å². The summed E-state index contributed by atoms with van der Waals surface area (Å²) in [6.07, 6.45) is 2.74. The van der Waals surface area contributed by atoms with E-state index in [0.717, 1.165) is 31.1 Å². The molecule has 1 aliphatic heterocycles. The van der Waals surface area contributed by atoms with Gasteiger partial charge in [-0.3, -0.25) is 19.7 Å². The number of benzene rings is 2. The van der Waals surface area contributed by atoms with Crippen LogP contribution in [-0.4, -0.2) is 47.9 Å². The number of nitrogens with one attached hydrogen (secondary N) is 1. The summed E-state index contributed by atoms with van der Waals surface area (Å²) in [5, 5.41) is 13.7. The third-order valence-corrected chi connectivity index (χ3v) is 6.55. The standard InChI is InChI=1S/C25H30ClN3O5/c1-16(2)23(27-24(30)21-9-6-19(29(32)33)15-22(21)26)25(31)28-12-10-18(11-13-28)14-17-4-7-20(34-3)8-5-17/h4-9,15-16,18,23H,10-14H2,1-3H3,(H,27,30)/t23-/m1/s1. The molecule has 0 bridgehead atoms. The molecule has 1 saturated heterocycles. The predicted molar refractivity (Wildman–Crippen MR) is 130 cm³/mol. The zero-order valence-electron chi connectivity index (χ0n) is 19.6. The van der Waals surface area contributed by atoms with Gasteiger partial charge in [0.25, 0.3) is 11.6 Å². The first-order valence-electron chi connectivity index (χ1n) is 11.4. The number of hydrogen-bond acceptors (Lipinski definition) is 5. The van der Waals surface area contributed by atoms with Crippen LogP contribution in [0.25, 0.3) is 0 Å². The van der Waals surface area contributed by atoms with Crippen molar-refractivity contribution < 1.29 is 19.2 Å². The summed E-state index contributed by atoms with van der Waals surface area (Å²) in [5.74, 6) is 0.542. The Labute approximate surface area is 204 Å². The minimum atomic E-state index is -0.711. The summed E-state index contributed by atoms with van der Waals surface area (Å²) in [6, 6.07) is 11.0. The van der Waals surface area contributed by atoms with Crippen molar-refractivity contribution in [2.75, 3.05) is 20.2 Å². The monoisotopic (exact) mass is 487 g/mol. The molecule has 0 spiro atoms. The van der Waals surface area contributed by atoms with E-state index in [1.807, 2.05) is 30.9 Å². The molecule has 0 unspecified atom stereocenters. The number of carbonyl (C=O) groups is 2. The van der Waals surface area contributed by atoms with Gasteiger partial charge in [-0.25, -0.2) is 0 Å². The molecule has 9 heteroatoms. The molecule has 3 rings (SSSR count). The molecule has 2 aromatic rings. The molecular weight excluding hydrogens is 458 g/mol. The molecule has 0 aromatic heterocycles. The zero-order chi connectivity index (χ0) is 24.8. The van der Waals surface area contributed by atoms with Gasteiger partial charge in [0.15, 0.2) is 0 Å². The van der Waals surface area contributed by atoms with Crippen LogP contribution in [0.3, 0.4) is 0 Å². The number of nitro benzene ring substituents is 1. The van der Waals surface area contributed by atoms with Gasteiger partial charge in [0.05, 0.1) is 22.6 Å². The Morgan fingerprint density at radius 3 is 2.35 bits per heavy atom. The zero-order valence-corrected chi connectivity index (χ0v) is 20.4. The molecule has 182 valence electrons.